The molecule has 2 aromatic heterocycles. The summed E-state index contributed by atoms with van der Waals surface area (Å²) in [6, 6.07) is 7.61. The minimum absolute atomic E-state index is 0.0511. The van der Waals surface area contributed by atoms with Crippen molar-refractivity contribution in [2.24, 2.45) is 0 Å². The summed E-state index contributed by atoms with van der Waals surface area (Å²) < 4.78 is 18.6. The largest absolute Gasteiger partial charge is 0.421 e. The zero-order valence-electron chi connectivity index (χ0n) is 15.2. The maximum atomic E-state index is 13.0. The normalized spacial score (nSPS) is 14.3. The molecule has 0 bridgehead atoms. The van der Waals surface area contributed by atoms with Crippen LogP contribution in [0.3, 0.4) is 0 Å². The Balaban J connectivity index is 1.28. The highest BCUT2D eigenvalue weighted by Crippen LogP contribution is 2.19. The summed E-state index contributed by atoms with van der Waals surface area (Å²) in [4.78, 5) is 24.9. The van der Waals surface area contributed by atoms with Crippen LogP contribution in [0.25, 0.3) is 11.5 Å². The van der Waals surface area contributed by atoms with Gasteiger partial charge in [-0.15, -0.1) is 10.2 Å². The van der Waals surface area contributed by atoms with Crippen LogP contribution in [0.1, 0.15) is 12.3 Å². The van der Waals surface area contributed by atoms with Gasteiger partial charge in [0.15, 0.2) is 0 Å². The van der Waals surface area contributed by atoms with Crippen molar-refractivity contribution in [2.75, 3.05) is 31.1 Å². The highest BCUT2D eigenvalue weighted by Gasteiger charge is 2.22. The lowest BCUT2D eigenvalue weighted by Crippen LogP contribution is -2.49. The van der Waals surface area contributed by atoms with Gasteiger partial charge in [0.2, 0.25) is 23.6 Å². The van der Waals surface area contributed by atoms with Crippen LogP contribution in [0.5, 0.6) is 0 Å². The summed E-state index contributed by atoms with van der Waals surface area (Å²) in [5.41, 5.74) is 0.644. The first-order valence-corrected chi connectivity index (χ1v) is 9.07. The molecule has 0 radical (unpaired) electrons. The van der Waals surface area contributed by atoms with E-state index in [1.54, 1.807) is 30.6 Å². The molecule has 144 valence electrons. The second-order valence-electron chi connectivity index (χ2n) is 6.42. The number of amides is 1. The number of hydrogen-bond acceptors (Lipinski definition) is 7. The standard InChI is InChI=1S/C19H19FN6O2/c20-15-4-2-14(3-5-15)18-24-23-16(28-18)6-7-17(27)25-10-12-26(13-11-25)19-21-8-1-9-22-19/h1-5,8-9H,6-7,10-13H2. The molecule has 0 saturated carbocycles. The number of carbonyl (C=O) groups is 1. The Labute approximate surface area is 161 Å². The van der Waals surface area contributed by atoms with Gasteiger partial charge < -0.3 is 14.2 Å². The third kappa shape index (κ3) is 4.13. The number of piperazine rings is 1. The van der Waals surface area contributed by atoms with Gasteiger partial charge in [-0.25, -0.2) is 14.4 Å². The summed E-state index contributed by atoms with van der Waals surface area (Å²) in [6.45, 7) is 2.65. The number of aryl methyl sites for hydroxylation is 1. The molecule has 28 heavy (non-hydrogen) atoms. The molecule has 3 aromatic rings. The van der Waals surface area contributed by atoms with E-state index in [4.69, 9.17) is 4.42 Å². The van der Waals surface area contributed by atoms with Gasteiger partial charge in [0.25, 0.3) is 0 Å². The molecule has 3 heterocycles. The van der Waals surface area contributed by atoms with Crippen LogP contribution < -0.4 is 4.90 Å². The molecule has 1 amide bonds. The van der Waals surface area contributed by atoms with Gasteiger partial charge >= 0.3 is 0 Å². The number of halogens is 1. The van der Waals surface area contributed by atoms with E-state index >= 15 is 0 Å². The van der Waals surface area contributed by atoms with Gasteiger partial charge in [-0.2, -0.15) is 0 Å². The third-order valence-corrected chi connectivity index (χ3v) is 4.58. The van der Waals surface area contributed by atoms with E-state index in [0.29, 0.717) is 62.3 Å². The number of hydrogen-bond donors (Lipinski definition) is 0. The zero-order valence-corrected chi connectivity index (χ0v) is 15.2. The number of benzene rings is 1. The second-order valence-corrected chi connectivity index (χ2v) is 6.42. The molecule has 1 aliphatic rings. The predicted octanol–water partition coefficient (Wildman–Crippen LogP) is 1.95. The van der Waals surface area contributed by atoms with Gasteiger partial charge in [-0.05, 0) is 30.3 Å². The first-order valence-electron chi connectivity index (χ1n) is 9.07. The number of anilines is 1. The lowest BCUT2D eigenvalue weighted by atomic mass is 10.2. The molecule has 1 aromatic carbocycles. The molecule has 1 fully saturated rings. The van der Waals surface area contributed by atoms with Crippen LogP contribution in [-0.2, 0) is 11.2 Å². The highest BCUT2D eigenvalue weighted by molar-refractivity contribution is 5.76. The van der Waals surface area contributed by atoms with Crippen LogP contribution in [0, 0.1) is 5.82 Å². The summed E-state index contributed by atoms with van der Waals surface area (Å²) >= 11 is 0. The quantitative estimate of drug-likeness (QED) is 0.666. The summed E-state index contributed by atoms with van der Waals surface area (Å²) in [5.74, 6) is 1.12. The molecule has 0 spiro atoms. The first kappa shape index (κ1) is 18.0. The van der Waals surface area contributed by atoms with Crippen molar-refractivity contribution in [3.63, 3.8) is 0 Å². The van der Waals surface area contributed by atoms with Crippen LogP contribution in [0.2, 0.25) is 0 Å². The number of aromatic nitrogens is 4. The van der Waals surface area contributed by atoms with Crippen molar-refractivity contribution in [3.05, 3.63) is 54.4 Å². The Kier molecular flexibility index (Phi) is 5.22. The van der Waals surface area contributed by atoms with Crippen LogP contribution >= 0.6 is 0 Å². The summed E-state index contributed by atoms with van der Waals surface area (Å²) in [6.07, 6.45) is 4.09. The van der Waals surface area contributed by atoms with E-state index in [0.717, 1.165) is 0 Å². The van der Waals surface area contributed by atoms with E-state index in [1.165, 1.54) is 12.1 Å². The van der Waals surface area contributed by atoms with Crippen molar-refractivity contribution in [1.82, 2.24) is 25.1 Å². The van der Waals surface area contributed by atoms with Crippen molar-refractivity contribution in [3.8, 4) is 11.5 Å². The monoisotopic (exact) mass is 382 g/mol. The predicted molar refractivity (Wildman–Crippen MR) is 98.8 cm³/mol. The molecule has 0 N–H and O–H groups in total. The average molecular weight is 382 g/mol. The van der Waals surface area contributed by atoms with Crippen LogP contribution in [-0.4, -0.2) is 57.2 Å². The van der Waals surface area contributed by atoms with E-state index < -0.39 is 0 Å². The SMILES string of the molecule is O=C(CCc1nnc(-c2ccc(F)cc2)o1)N1CCN(c2ncccn2)CC1. The fourth-order valence-electron chi connectivity index (χ4n) is 3.05. The highest BCUT2D eigenvalue weighted by atomic mass is 19.1. The zero-order chi connectivity index (χ0) is 19.3. The van der Waals surface area contributed by atoms with Gasteiger partial charge in [0.1, 0.15) is 5.82 Å². The van der Waals surface area contributed by atoms with Gasteiger partial charge in [0.05, 0.1) is 0 Å². The van der Waals surface area contributed by atoms with Crippen LogP contribution in [0.15, 0.2) is 47.1 Å². The minimum atomic E-state index is -0.326. The Morgan fingerprint density at radius 1 is 1.04 bits per heavy atom. The number of nitrogens with zero attached hydrogens (tertiary/aromatic N) is 6. The molecule has 9 heteroatoms. The Morgan fingerprint density at radius 3 is 2.46 bits per heavy atom. The third-order valence-electron chi connectivity index (χ3n) is 4.58. The van der Waals surface area contributed by atoms with Gasteiger partial charge in [-0.3, -0.25) is 4.79 Å². The molecule has 1 aliphatic heterocycles. The molecule has 8 nitrogen and oxygen atoms in total. The van der Waals surface area contributed by atoms with Crippen molar-refractivity contribution in [1.29, 1.82) is 0 Å². The van der Waals surface area contributed by atoms with E-state index in [1.807, 2.05) is 4.90 Å². The number of carbonyl (C=O) groups excluding carboxylic acids is 1. The fraction of sp³-hybridized carbons (Fsp3) is 0.316. The summed E-state index contributed by atoms with van der Waals surface area (Å²) in [7, 11) is 0. The molecular formula is C19H19FN6O2. The van der Waals surface area contributed by atoms with E-state index in [-0.39, 0.29) is 11.7 Å². The molecule has 0 atom stereocenters. The molecule has 4 rings (SSSR count). The molecule has 0 aliphatic carbocycles. The van der Waals surface area contributed by atoms with Gasteiger partial charge in [-0.1, -0.05) is 0 Å². The average Bonchev–Trinajstić information content (AvgIpc) is 3.22. The Morgan fingerprint density at radius 2 is 1.75 bits per heavy atom. The Bertz CT molecular complexity index is 923. The van der Waals surface area contributed by atoms with E-state index in [9.17, 15) is 9.18 Å². The first-order chi connectivity index (χ1) is 13.7. The lowest BCUT2D eigenvalue weighted by molar-refractivity contribution is -0.131. The summed E-state index contributed by atoms with van der Waals surface area (Å²) in [5, 5.41) is 7.94. The van der Waals surface area contributed by atoms with E-state index in [2.05, 4.69) is 25.1 Å². The van der Waals surface area contributed by atoms with Crippen molar-refractivity contribution in [2.45, 2.75) is 12.8 Å². The number of rotatable bonds is 5. The maximum Gasteiger partial charge on any atom is 0.247 e. The molecular weight excluding hydrogens is 363 g/mol. The van der Waals surface area contributed by atoms with Gasteiger partial charge in [0, 0.05) is 57.0 Å². The topological polar surface area (TPSA) is 88.3 Å². The molecule has 0 unspecified atom stereocenters. The minimum Gasteiger partial charge on any atom is -0.421 e. The van der Waals surface area contributed by atoms with Crippen molar-refractivity contribution < 1.29 is 13.6 Å². The van der Waals surface area contributed by atoms with Crippen LogP contribution in [0.4, 0.5) is 10.3 Å². The fourth-order valence-corrected chi connectivity index (χ4v) is 3.05. The smallest absolute Gasteiger partial charge is 0.247 e. The maximum absolute atomic E-state index is 13.0. The lowest BCUT2D eigenvalue weighted by Gasteiger charge is -2.34. The van der Waals surface area contributed by atoms with Crippen molar-refractivity contribution >= 4 is 11.9 Å². The molecule has 1 saturated heterocycles. The Hall–Kier alpha value is -3.36. The second kappa shape index (κ2) is 8.12.